The number of aromatic nitrogens is 2. The summed E-state index contributed by atoms with van der Waals surface area (Å²) < 4.78 is 5.33. The van der Waals surface area contributed by atoms with Gasteiger partial charge in [0, 0.05) is 7.05 Å². The maximum Gasteiger partial charge on any atom is 0.256 e. The first-order chi connectivity index (χ1) is 10.2. The lowest BCUT2D eigenvalue weighted by Crippen LogP contribution is -2.23. The van der Waals surface area contributed by atoms with Crippen molar-refractivity contribution in [1.82, 2.24) is 14.7 Å². The van der Waals surface area contributed by atoms with Crippen molar-refractivity contribution < 1.29 is 4.79 Å². The molecule has 21 heavy (non-hydrogen) atoms. The van der Waals surface area contributed by atoms with Crippen molar-refractivity contribution in [2.75, 3.05) is 12.4 Å². The van der Waals surface area contributed by atoms with Crippen LogP contribution in [0.25, 0.3) is 10.2 Å². The number of thiazole rings is 1. The van der Waals surface area contributed by atoms with Crippen molar-refractivity contribution in [3.05, 3.63) is 40.5 Å². The lowest BCUT2D eigenvalue weighted by Gasteiger charge is -2.04. The largest absolute Gasteiger partial charge is 0.378 e. The number of carbonyl (C=O) groups excluding carboxylic acids is 1. The van der Waals surface area contributed by atoms with Gasteiger partial charge in [-0.15, -0.1) is 11.3 Å². The van der Waals surface area contributed by atoms with Crippen molar-refractivity contribution in [3.63, 3.8) is 0 Å². The number of hydrogen-bond donors (Lipinski definition) is 2. The summed E-state index contributed by atoms with van der Waals surface area (Å²) in [7, 11) is 1.79. The normalized spacial score (nSPS) is 10.8. The second kappa shape index (κ2) is 5.79. The molecule has 0 aliphatic rings. The van der Waals surface area contributed by atoms with Gasteiger partial charge in [-0.1, -0.05) is 12.1 Å². The van der Waals surface area contributed by atoms with Gasteiger partial charge < -0.3 is 10.6 Å². The van der Waals surface area contributed by atoms with Gasteiger partial charge in [0.1, 0.15) is 10.0 Å². The topological polar surface area (TPSA) is 66.9 Å². The zero-order chi connectivity index (χ0) is 14.8. The molecule has 0 atom stereocenters. The van der Waals surface area contributed by atoms with Gasteiger partial charge in [-0.2, -0.15) is 4.37 Å². The number of carbonyl (C=O) groups is 1. The van der Waals surface area contributed by atoms with Gasteiger partial charge in [-0.25, -0.2) is 4.98 Å². The smallest absolute Gasteiger partial charge is 0.256 e. The van der Waals surface area contributed by atoms with Gasteiger partial charge in [0.05, 0.1) is 28.0 Å². The van der Waals surface area contributed by atoms with Gasteiger partial charge in [0.25, 0.3) is 5.91 Å². The van der Waals surface area contributed by atoms with Crippen molar-refractivity contribution >= 4 is 44.0 Å². The van der Waals surface area contributed by atoms with E-state index >= 15 is 0 Å². The Kier molecular flexibility index (Phi) is 3.85. The highest BCUT2D eigenvalue weighted by Gasteiger charge is 2.17. The minimum absolute atomic E-state index is 0.121. The number of fused-ring (bicyclic) bond motifs is 1. The molecule has 0 fully saturated rings. The van der Waals surface area contributed by atoms with E-state index in [1.165, 1.54) is 11.5 Å². The van der Waals surface area contributed by atoms with Crippen LogP contribution < -0.4 is 10.6 Å². The molecule has 1 amide bonds. The fourth-order valence-electron chi connectivity index (χ4n) is 2.05. The van der Waals surface area contributed by atoms with E-state index in [9.17, 15) is 4.79 Å². The van der Waals surface area contributed by atoms with Gasteiger partial charge in [0.2, 0.25) is 0 Å². The molecule has 2 heterocycles. The Morgan fingerprint density at radius 2 is 2.14 bits per heavy atom. The van der Waals surface area contributed by atoms with Crippen LogP contribution >= 0.6 is 22.9 Å². The summed E-state index contributed by atoms with van der Waals surface area (Å²) in [5.41, 5.74) is 2.32. The van der Waals surface area contributed by atoms with Gasteiger partial charge >= 0.3 is 0 Å². The van der Waals surface area contributed by atoms with Crippen LogP contribution in [0.15, 0.2) is 24.3 Å². The predicted octanol–water partition coefficient (Wildman–Crippen LogP) is 3.03. The molecule has 1 aromatic carbocycles. The number of nitrogens with zero attached hydrogens (tertiary/aromatic N) is 2. The zero-order valence-electron chi connectivity index (χ0n) is 11.6. The molecular weight excluding hydrogens is 304 g/mol. The van der Waals surface area contributed by atoms with Crippen LogP contribution in [0.1, 0.15) is 21.1 Å². The standard InChI is InChI=1S/C14H14N4OS2/c1-8-12(14(15-2)21-18-8)13(19)16-7-11-17-9-5-3-4-6-10(9)20-11/h3-6,15H,7H2,1-2H3,(H,16,19). The summed E-state index contributed by atoms with van der Waals surface area (Å²) in [5.74, 6) is -0.121. The van der Waals surface area contributed by atoms with Crippen LogP contribution in [0.2, 0.25) is 0 Å². The molecule has 0 saturated heterocycles. The van der Waals surface area contributed by atoms with Crippen LogP contribution in [0.5, 0.6) is 0 Å². The number of amides is 1. The molecule has 3 rings (SSSR count). The van der Waals surface area contributed by atoms with Crippen molar-refractivity contribution in [2.45, 2.75) is 13.5 Å². The number of nitrogens with one attached hydrogen (secondary N) is 2. The molecule has 0 saturated carbocycles. The van der Waals surface area contributed by atoms with E-state index in [1.54, 1.807) is 18.4 Å². The molecule has 5 nitrogen and oxygen atoms in total. The molecule has 0 unspecified atom stereocenters. The van der Waals surface area contributed by atoms with Gasteiger partial charge in [0.15, 0.2) is 0 Å². The van der Waals surface area contributed by atoms with Crippen LogP contribution in [-0.4, -0.2) is 22.3 Å². The first-order valence-electron chi connectivity index (χ1n) is 6.45. The second-order valence-corrected chi connectivity index (χ2v) is 6.37. The fraction of sp³-hybridized carbons (Fsp3) is 0.214. The molecule has 108 valence electrons. The first-order valence-corrected chi connectivity index (χ1v) is 8.04. The number of para-hydroxylation sites is 1. The number of anilines is 1. The molecule has 3 aromatic rings. The summed E-state index contributed by atoms with van der Waals surface area (Å²) in [6.07, 6.45) is 0. The number of hydrogen-bond acceptors (Lipinski definition) is 6. The molecule has 7 heteroatoms. The lowest BCUT2D eigenvalue weighted by atomic mass is 10.2. The predicted molar refractivity (Wildman–Crippen MR) is 87.2 cm³/mol. The third kappa shape index (κ3) is 2.74. The Hall–Kier alpha value is -1.99. The average Bonchev–Trinajstić information content (AvgIpc) is 3.07. The fourth-order valence-corrected chi connectivity index (χ4v) is 3.70. The summed E-state index contributed by atoms with van der Waals surface area (Å²) >= 11 is 2.89. The molecule has 0 aliphatic carbocycles. The monoisotopic (exact) mass is 318 g/mol. The summed E-state index contributed by atoms with van der Waals surface area (Å²) in [6.45, 7) is 2.26. The van der Waals surface area contributed by atoms with Crippen LogP contribution in [-0.2, 0) is 6.54 Å². The highest BCUT2D eigenvalue weighted by molar-refractivity contribution is 7.18. The lowest BCUT2D eigenvalue weighted by molar-refractivity contribution is 0.0951. The van der Waals surface area contributed by atoms with Crippen molar-refractivity contribution in [1.29, 1.82) is 0 Å². The van der Waals surface area contributed by atoms with E-state index < -0.39 is 0 Å². The second-order valence-electron chi connectivity index (χ2n) is 4.48. The van der Waals surface area contributed by atoms with Crippen LogP contribution in [0.3, 0.4) is 0 Å². The number of aryl methyl sites for hydroxylation is 1. The third-order valence-corrected chi connectivity index (χ3v) is 5.05. The summed E-state index contributed by atoms with van der Waals surface area (Å²) in [4.78, 5) is 16.8. The van der Waals surface area contributed by atoms with Gasteiger partial charge in [-0.3, -0.25) is 4.79 Å². The SMILES string of the molecule is CNc1snc(C)c1C(=O)NCc1nc2ccccc2s1. The van der Waals surface area contributed by atoms with Gasteiger partial charge in [-0.05, 0) is 30.6 Å². The molecule has 0 aliphatic heterocycles. The zero-order valence-corrected chi connectivity index (χ0v) is 13.3. The highest BCUT2D eigenvalue weighted by atomic mass is 32.1. The minimum atomic E-state index is -0.121. The molecule has 0 radical (unpaired) electrons. The van der Waals surface area contributed by atoms with Crippen LogP contribution in [0, 0.1) is 6.92 Å². The Morgan fingerprint density at radius 1 is 1.33 bits per heavy atom. The maximum atomic E-state index is 12.3. The van der Waals surface area contributed by atoms with Crippen molar-refractivity contribution in [3.8, 4) is 0 Å². The third-order valence-electron chi connectivity index (χ3n) is 3.06. The molecular formula is C14H14N4OS2. The molecule has 0 bridgehead atoms. The van der Waals surface area contributed by atoms with E-state index in [0.717, 1.165) is 25.9 Å². The Labute approximate surface area is 130 Å². The van der Waals surface area contributed by atoms with E-state index in [1.807, 2.05) is 31.2 Å². The number of rotatable bonds is 4. The molecule has 2 aromatic heterocycles. The molecule has 2 N–H and O–H groups in total. The Balaban J connectivity index is 1.75. The maximum absolute atomic E-state index is 12.3. The Bertz CT molecular complexity index is 760. The van der Waals surface area contributed by atoms with E-state index in [0.29, 0.717) is 12.1 Å². The Morgan fingerprint density at radius 3 is 2.90 bits per heavy atom. The highest BCUT2D eigenvalue weighted by Crippen LogP contribution is 2.24. The summed E-state index contributed by atoms with van der Waals surface area (Å²) in [5, 5.41) is 7.60. The number of benzene rings is 1. The average molecular weight is 318 g/mol. The van der Waals surface area contributed by atoms with E-state index in [4.69, 9.17) is 0 Å². The summed E-state index contributed by atoms with van der Waals surface area (Å²) in [6, 6.07) is 7.96. The van der Waals surface area contributed by atoms with Crippen LogP contribution in [0.4, 0.5) is 5.00 Å². The van der Waals surface area contributed by atoms with E-state index in [2.05, 4.69) is 20.0 Å². The quantitative estimate of drug-likeness (QED) is 0.776. The first kappa shape index (κ1) is 14.0. The minimum Gasteiger partial charge on any atom is -0.378 e. The van der Waals surface area contributed by atoms with Crippen molar-refractivity contribution in [2.24, 2.45) is 0 Å². The van der Waals surface area contributed by atoms with E-state index in [-0.39, 0.29) is 5.91 Å². The molecule has 0 spiro atoms.